The molecule has 1 rings (SSSR count). The predicted octanol–water partition coefficient (Wildman–Crippen LogP) is 4.87. The zero-order valence-electron chi connectivity index (χ0n) is 14.2. The van der Waals surface area contributed by atoms with Crippen molar-refractivity contribution in [1.82, 2.24) is 5.32 Å². The maximum absolute atomic E-state index is 11.4. The molecule has 0 heterocycles. The molecule has 1 aromatic carbocycles. The Hall–Kier alpha value is -0.853. The van der Waals surface area contributed by atoms with E-state index in [0.29, 0.717) is 6.54 Å². The number of hydrogen-bond donors (Lipinski definition) is 1. The number of ether oxygens (including phenoxy) is 1. The Kier molecular flexibility index (Phi) is 6.64. The van der Waals surface area contributed by atoms with Gasteiger partial charge in [-0.25, -0.2) is 4.79 Å². The minimum absolute atomic E-state index is 0.103. The SMILES string of the molecule is COC(=O)NCC(O[Si](C)(C)C(C)(C)C)c1ccc(Br)cc1. The zero-order chi connectivity index (χ0) is 17.0. The van der Waals surface area contributed by atoms with Crippen LogP contribution in [0.3, 0.4) is 0 Å². The van der Waals surface area contributed by atoms with Crippen LogP contribution in [-0.2, 0) is 9.16 Å². The number of carbonyl (C=O) groups excluding carboxylic acids is 1. The Morgan fingerprint density at radius 3 is 2.27 bits per heavy atom. The number of nitrogens with one attached hydrogen (secondary N) is 1. The number of hydrogen-bond acceptors (Lipinski definition) is 3. The molecule has 1 unspecified atom stereocenters. The van der Waals surface area contributed by atoms with Crippen molar-refractivity contribution >= 4 is 30.3 Å². The molecule has 0 fully saturated rings. The van der Waals surface area contributed by atoms with Crippen LogP contribution in [0.4, 0.5) is 4.79 Å². The molecular formula is C16H26BrNO3Si. The lowest BCUT2D eigenvalue weighted by atomic mass is 10.1. The molecule has 0 aliphatic heterocycles. The highest BCUT2D eigenvalue weighted by Crippen LogP contribution is 2.39. The van der Waals surface area contributed by atoms with E-state index in [1.54, 1.807) is 0 Å². The summed E-state index contributed by atoms with van der Waals surface area (Å²) in [4.78, 5) is 11.4. The molecule has 4 nitrogen and oxygen atoms in total. The van der Waals surface area contributed by atoms with Gasteiger partial charge in [0.1, 0.15) is 0 Å². The molecule has 1 aromatic rings. The molecule has 0 aliphatic rings. The second-order valence-corrected chi connectivity index (χ2v) is 12.5. The number of benzene rings is 1. The van der Waals surface area contributed by atoms with Gasteiger partial charge in [-0.15, -0.1) is 0 Å². The van der Waals surface area contributed by atoms with Crippen molar-refractivity contribution in [2.24, 2.45) is 0 Å². The summed E-state index contributed by atoms with van der Waals surface area (Å²) in [5.74, 6) is 0. The van der Waals surface area contributed by atoms with E-state index in [9.17, 15) is 4.79 Å². The van der Waals surface area contributed by atoms with Gasteiger partial charge in [-0.05, 0) is 35.8 Å². The fourth-order valence-electron chi connectivity index (χ4n) is 1.69. The van der Waals surface area contributed by atoms with Gasteiger partial charge in [0.25, 0.3) is 0 Å². The van der Waals surface area contributed by atoms with Gasteiger partial charge >= 0.3 is 6.09 Å². The quantitative estimate of drug-likeness (QED) is 0.733. The molecule has 0 aliphatic carbocycles. The Balaban J connectivity index is 2.96. The van der Waals surface area contributed by atoms with Gasteiger partial charge in [0, 0.05) is 4.47 Å². The third-order valence-electron chi connectivity index (χ3n) is 4.10. The second-order valence-electron chi connectivity index (χ2n) is 6.79. The van der Waals surface area contributed by atoms with Crippen molar-refractivity contribution in [3.8, 4) is 0 Å². The number of rotatable bonds is 5. The van der Waals surface area contributed by atoms with Crippen molar-refractivity contribution in [2.75, 3.05) is 13.7 Å². The van der Waals surface area contributed by atoms with E-state index in [1.165, 1.54) is 7.11 Å². The van der Waals surface area contributed by atoms with Gasteiger partial charge in [0.05, 0.1) is 19.8 Å². The van der Waals surface area contributed by atoms with Gasteiger partial charge in [0.2, 0.25) is 0 Å². The molecular weight excluding hydrogens is 362 g/mol. The molecule has 1 atom stereocenters. The highest BCUT2D eigenvalue weighted by atomic mass is 79.9. The van der Waals surface area contributed by atoms with E-state index >= 15 is 0 Å². The summed E-state index contributed by atoms with van der Waals surface area (Å²) >= 11 is 3.44. The third-order valence-corrected chi connectivity index (χ3v) is 9.12. The lowest BCUT2D eigenvalue weighted by Gasteiger charge is -2.39. The van der Waals surface area contributed by atoms with Crippen LogP contribution >= 0.6 is 15.9 Å². The van der Waals surface area contributed by atoms with Crippen molar-refractivity contribution in [3.05, 3.63) is 34.3 Å². The summed E-state index contributed by atoms with van der Waals surface area (Å²) in [5.41, 5.74) is 1.05. The molecule has 0 aromatic heterocycles. The molecule has 6 heteroatoms. The highest BCUT2D eigenvalue weighted by Gasteiger charge is 2.39. The molecule has 0 radical (unpaired) electrons. The Morgan fingerprint density at radius 1 is 1.27 bits per heavy atom. The Morgan fingerprint density at radius 2 is 1.82 bits per heavy atom. The molecule has 0 bridgehead atoms. The van der Waals surface area contributed by atoms with E-state index in [-0.39, 0.29) is 11.1 Å². The lowest BCUT2D eigenvalue weighted by molar-refractivity contribution is 0.150. The van der Waals surface area contributed by atoms with Crippen molar-refractivity contribution in [3.63, 3.8) is 0 Å². The second kappa shape index (κ2) is 7.61. The van der Waals surface area contributed by atoms with Crippen LogP contribution in [0, 0.1) is 0 Å². The Labute approximate surface area is 142 Å². The first-order valence-corrected chi connectivity index (χ1v) is 11.0. The molecule has 1 N–H and O–H groups in total. The van der Waals surface area contributed by atoms with Gasteiger partial charge in [0.15, 0.2) is 8.32 Å². The van der Waals surface area contributed by atoms with Gasteiger partial charge in [-0.2, -0.15) is 0 Å². The van der Waals surface area contributed by atoms with Crippen LogP contribution in [-0.4, -0.2) is 28.1 Å². The van der Waals surface area contributed by atoms with E-state index in [1.807, 2.05) is 24.3 Å². The fraction of sp³-hybridized carbons (Fsp3) is 0.562. The smallest absolute Gasteiger partial charge is 0.406 e. The van der Waals surface area contributed by atoms with Crippen LogP contribution in [0.25, 0.3) is 0 Å². The fourth-order valence-corrected chi connectivity index (χ4v) is 3.23. The minimum atomic E-state index is -1.95. The summed E-state index contributed by atoms with van der Waals surface area (Å²) in [6.45, 7) is 11.4. The zero-order valence-corrected chi connectivity index (χ0v) is 16.8. The standard InChI is InChI=1S/C16H26BrNO3Si/c1-16(2,3)22(5,6)21-14(11-18-15(19)20-4)12-7-9-13(17)10-8-12/h7-10,14H,11H2,1-6H3,(H,18,19). The predicted molar refractivity (Wildman–Crippen MR) is 95.6 cm³/mol. The minimum Gasteiger partial charge on any atom is -0.453 e. The van der Waals surface area contributed by atoms with Gasteiger partial charge in [-0.3, -0.25) is 0 Å². The monoisotopic (exact) mass is 387 g/mol. The first-order chi connectivity index (χ1) is 10.1. The van der Waals surface area contributed by atoms with Crippen LogP contribution in [0.1, 0.15) is 32.4 Å². The van der Waals surface area contributed by atoms with Gasteiger partial charge < -0.3 is 14.5 Å². The molecule has 1 amide bonds. The van der Waals surface area contributed by atoms with E-state index in [2.05, 4.69) is 59.8 Å². The van der Waals surface area contributed by atoms with Crippen LogP contribution in [0.2, 0.25) is 18.1 Å². The molecule has 124 valence electrons. The normalized spacial score (nSPS) is 13.6. The summed E-state index contributed by atoms with van der Waals surface area (Å²) in [5, 5.41) is 2.85. The van der Waals surface area contributed by atoms with Crippen LogP contribution in [0.5, 0.6) is 0 Å². The summed E-state index contributed by atoms with van der Waals surface area (Å²) < 4.78 is 12.1. The lowest BCUT2D eigenvalue weighted by Crippen LogP contribution is -2.44. The number of methoxy groups -OCH3 is 1. The third kappa shape index (κ3) is 5.41. The summed E-state index contributed by atoms with van der Waals surface area (Å²) in [6.07, 6.45) is -0.631. The molecule has 0 saturated carbocycles. The number of carbonyl (C=O) groups is 1. The molecule has 0 saturated heterocycles. The number of amides is 1. The van der Waals surface area contributed by atoms with Crippen molar-refractivity contribution in [1.29, 1.82) is 0 Å². The Bertz CT molecular complexity index is 497. The highest BCUT2D eigenvalue weighted by molar-refractivity contribution is 9.10. The molecule has 22 heavy (non-hydrogen) atoms. The van der Waals surface area contributed by atoms with E-state index < -0.39 is 14.4 Å². The van der Waals surface area contributed by atoms with Crippen LogP contribution < -0.4 is 5.32 Å². The topological polar surface area (TPSA) is 47.6 Å². The summed E-state index contributed by atoms with van der Waals surface area (Å²) in [7, 11) is -0.591. The first kappa shape index (κ1) is 19.2. The maximum Gasteiger partial charge on any atom is 0.406 e. The number of halogens is 1. The van der Waals surface area contributed by atoms with Crippen molar-refractivity contribution < 1.29 is 14.0 Å². The number of alkyl carbamates (subject to hydrolysis) is 1. The van der Waals surface area contributed by atoms with Gasteiger partial charge in [-0.1, -0.05) is 48.8 Å². The molecule has 0 spiro atoms. The van der Waals surface area contributed by atoms with E-state index in [4.69, 9.17) is 4.43 Å². The van der Waals surface area contributed by atoms with Crippen molar-refractivity contribution in [2.45, 2.75) is 45.0 Å². The maximum atomic E-state index is 11.4. The average Bonchev–Trinajstić information content (AvgIpc) is 2.42. The average molecular weight is 388 g/mol. The van der Waals surface area contributed by atoms with Crippen LogP contribution in [0.15, 0.2) is 28.7 Å². The summed E-state index contributed by atoms with van der Waals surface area (Å²) in [6, 6.07) is 7.99. The van der Waals surface area contributed by atoms with E-state index in [0.717, 1.165) is 10.0 Å². The first-order valence-electron chi connectivity index (χ1n) is 7.32. The largest absolute Gasteiger partial charge is 0.453 e.